The topological polar surface area (TPSA) is 59.6 Å². The Labute approximate surface area is 120 Å². The number of carbonyl (C=O) groups excluding carboxylic acids is 1. The second kappa shape index (κ2) is 10.4. The molecular weight excluding hydrogens is 256 g/mol. The third-order valence-electron chi connectivity index (χ3n) is 2.68. The van der Waals surface area contributed by atoms with Gasteiger partial charge in [0.05, 0.1) is 32.8 Å². The number of anilines is 1. The van der Waals surface area contributed by atoms with Crippen molar-refractivity contribution in [2.24, 2.45) is 0 Å². The first kappa shape index (κ1) is 16.6. The van der Waals surface area contributed by atoms with E-state index >= 15 is 0 Å². The van der Waals surface area contributed by atoms with Crippen LogP contribution in [0.2, 0.25) is 0 Å². The summed E-state index contributed by atoms with van der Waals surface area (Å²) in [5, 5.41) is 5.82. The zero-order valence-corrected chi connectivity index (χ0v) is 12.3. The van der Waals surface area contributed by atoms with Gasteiger partial charge in [-0.3, -0.25) is 4.79 Å². The van der Waals surface area contributed by atoms with Crippen LogP contribution in [-0.2, 0) is 14.3 Å². The van der Waals surface area contributed by atoms with Crippen LogP contribution < -0.4 is 10.6 Å². The maximum absolute atomic E-state index is 11.6. The highest BCUT2D eigenvalue weighted by Gasteiger charge is 2.02. The van der Waals surface area contributed by atoms with Crippen LogP contribution in [0.3, 0.4) is 0 Å². The fraction of sp³-hybridized carbons (Fsp3) is 0.533. The number of benzene rings is 1. The monoisotopic (exact) mass is 280 g/mol. The standard InChI is InChI=1S/C15H24N2O3/c1-13-3-5-14(6-4-13)17-15(18)7-9-19-11-12-20-10-8-16-2/h3-6,16H,7-12H2,1-2H3,(H,17,18). The van der Waals surface area contributed by atoms with Gasteiger partial charge in [-0.25, -0.2) is 0 Å². The van der Waals surface area contributed by atoms with Crippen LogP contribution in [0.25, 0.3) is 0 Å². The Morgan fingerprint density at radius 1 is 1.05 bits per heavy atom. The minimum atomic E-state index is -0.0371. The van der Waals surface area contributed by atoms with Crippen molar-refractivity contribution in [1.82, 2.24) is 5.32 Å². The van der Waals surface area contributed by atoms with E-state index in [2.05, 4.69) is 10.6 Å². The molecule has 0 aliphatic heterocycles. The number of carbonyl (C=O) groups is 1. The van der Waals surface area contributed by atoms with Crippen LogP contribution in [0.5, 0.6) is 0 Å². The average Bonchev–Trinajstić information content (AvgIpc) is 2.44. The molecule has 0 heterocycles. The lowest BCUT2D eigenvalue weighted by Gasteiger charge is -2.07. The quantitative estimate of drug-likeness (QED) is 0.639. The maximum atomic E-state index is 11.6. The van der Waals surface area contributed by atoms with Gasteiger partial charge < -0.3 is 20.1 Å². The Bertz CT molecular complexity index is 379. The van der Waals surface area contributed by atoms with Gasteiger partial charge in [0.2, 0.25) is 5.91 Å². The highest BCUT2D eigenvalue weighted by molar-refractivity contribution is 5.90. The molecule has 0 aliphatic carbocycles. The van der Waals surface area contributed by atoms with Gasteiger partial charge in [-0.05, 0) is 26.1 Å². The molecule has 0 saturated carbocycles. The fourth-order valence-corrected chi connectivity index (χ4v) is 1.52. The van der Waals surface area contributed by atoms with Crippen molar-refractivity contribution < 1.29 is 14.3 Å². The number of nitrogens with one attached hydrogen (secondary N) is 2. The van der Waals surface area contributed by atoms with Gasteiger partial charge in [0.1, 0.15) is 0 Å². The van der Waals surface area contributed by atoms with E-state index in [1.54, 1.807) is 0 Å². The molecule has 112 valence electrons. The predicted molar refractivity (Wildman–Crippen MR) is 80.0 cm³/mol. The Morgan fingerprint density at radius 3 is 2.35 bits per heavy atom. The first-order chi connectivity index (χ1) is 9.72. The van der Waals surface area contributed by atoms with Crippen LogP contribution >= 0.6 is 0 Å². The summed E-state index contributed by atoms with van der Waals surface area (Å²) in [4.78, 5) is 11.6. The Kier molecular flexibility index (Phi) is 8.62. The van der Waals surface area contributed by atoms with Crippen molar-refractivity contribution in [2.75, 3.05) is 45.3 Å². The van der Waals surface area contributed by atoms with Gasteiger partial charge in [0.15, 0.2) is 0 Å². The Morgan fingerprint density at radius 2 is 1.70 bits per heavy atom. The van der Waals surface area contributed by atoms with Gasteiger partial charge in [-0.15, -0.1) is 0 Å². The second-order valence-corrected chi connectivity index (χ2v) is 4.49. The van der Waals surface area contributed by atoms with Crippen LogP contribution in [0.1, 0.15) is 12.0 Å². The third-order valence-corrected chi connectivity index (χ3v) is 2.68. The van der Waals surface area contributed by atoms with Gasteiger partial charge in [0, 0.05) is 12.2 Å². The first-order valence-corrected chi connectivity index (χ1v) is 6.89. The molecule has 1 amide bonds. The SMILES string of the molecule is CNCCOCCOCCC(=O)Nc1ccc(C)cc1. The highest BCUT2D eigenvalue weighted by atomic mass is 16.5. The summed E-state index contributed by atoms with van der Waals surface area (Å²) in [6.45, 7) is 5.00. The molecular formula is C15H24N2O3. The molecule has 0 aliphatic rings. The van der Waals surface area contributed by atoms with Gasteiger partial charge in [-0.1, -0.05) is 17.7 Å². The van der Waals surface area contributed by atoms with Crippen molar-refractivity contribution >= 4 is 11.6 Å². The molecule has 5 heteroatoms. The predicted octanol–water partition coefficient (Wildman–Crippen LogP) is 1.58. The molecule has 1 rings (SSSR count). The molecule has 0 aromatic heterocycles. The lowest BCUT2D eigenvalue weighted by Crippen LogP contribution is -2.17. The van der Waals surface area contributed by atoms with Crippen molar-refractivity contribution in [3.63, 3.8) is 0 Å². The number of likely N-dealkylation sites (N-methyl/N-ethyl adjacent to an activating group) is 1. The molecule has 1 aromatic carbocycles. The van der Waals surface area contributed by atoms with Gasteiger partial charge in [0.25, 0.3) is 0 Å². The minimum absolute atomic E-state index is 0.0371. The first-order valence-electron chi connectivity index (χ1n) is 6.89. The van der Waals surface area contributed by atoms with Crippen LogP contribution in [0.15, 0.2) is 24.3 Å². The van der Waals surface area contributed by atoms with E-state index in [1.807, 2.05) is 38.2 Å². The van der Waals surface area contributed by atoms with E-state index < -0.39 is 0 Å². The molecule has 0 atom stereocenters. The molecule has 0 bridgehead atoms. The molecule has 0 fully saturated rings. The molecule has 5 nitrogen and oxygen atoms in total. The number of amides is 1. The Hall–Kier alpha value is -1.43. The van der Waals surface area contributed by atoms with E-state index in [4.69, 9.17) is 9.47 Å². The zero-order chi connectivity index (χ0) is 14.6. The lowest BCUT2D eigenvalue weighted by molar-refractivity contribution is -0.117. The lowest BCUT2D eigenvalue weighted by atomic mass is 10.2. The summed E-state index contributed by atoms with van der Waals surface area (Å²) in [5.74, 6) is -0.0371. The van der Waals surface area contributed by atoms with Gasteiger partial charge >= 0.3 is 0 Å². The van der Waals surface area contributed by atoms with E-state index in [1.165, 1.54) is 5.56 Å². The summed E-state index contributed by atoms with van der Waals surface area (Å²) in [7, 11) is 1.88. The van der Waals surface area contributed by atoms with Crippen molar-refractivity contribution in [1.29, 1.82) is 0 Å². The summed E-state index contributed by atoms with van der Waals surface area (Å²) in [6, 6.07) is 7.72. The van der Waals surface area contributed by atoms with Crippen LogP contribution in [0, 0.1) is 6.92 Å². The molecule has 20 heavy (non-hydrogen) atoms. The number of hydrogen-bond donors (Lipinski definition) is 2. The smallest absolute Gasteiger partial charge is 0.226 e. The van der Waals surface area contributed by atoms with Crippen LogP contribution in [0.4, 0.5) is 5.69 Å². The maximum Gasteiger partial charge on any atom is 0.226 e. The van der Waals surface area contributed by atoms with Crippen molar-refractivity contribution in [3.05, 3.63) is 29.8 Å². The summed E-state index contributed by atoms with van der Waals surface area (Å²) < 4.78 is 10.6. The molecule has 0 spiro atoms. The number of hydrogen-bond acceptors (Lipinski definition) is 4. The van der Waals surface area contributed by atoms with E-state index in [0.717, 1.165) is 12.2 Å². The normalized spacial score (nSPS) is 10.5. The summed E-state index contributed by atoms with van der Waals surface area (Å²) >= 11 is 0. The number of ether oxygens (including phenoxy) is 2. The Balaban J connectivity index is 2.01. The zero-order valence-electron chi connectivity index (χ0n) is 12.3. The highest BCUT2D eigenvalue weighted by Crippen LogP contribution is 2.08. The molecule has 0 radical (unpaired) electrons. The van der Waals surface area contributed by atoms with E-state index in [9.17, 15) is 4.79 Å². The van der Waals surface area contributed by atoms with E-state index in [0.29, 0.717) is 32.8 Å². The summed E-state index contributed by atoms with van der Waals surface area (Å²) in [5.41, 5.74) is 1.99. The van der Waals surface area contributed by atoms with Gasteiger partial charge in [-0.2, -0.15) is 0 Å². The molecule has 2 N–H and O–H groups in total. The van der Waals surface area contributed by atoms with Crippen molar-refractivity contribution in [2.45, 2.75) is 13.3 Å². The third kappa shape index (κ3) is 7.89. The molecule has 0 unspecified atom stereocenters. The minimum Gasteiger partial charge on any atom is -0.379 e. The van der Waals surface area contributed by atoms with Crippen LogP contribution in [-0.4, -0.2) is 45.9 Å². The van der Waals surface area contributed by atoms with Crippen molar-refractivity contribution in [3.8, 4) is 0 Å². The van der Waals surface area contributed by atoms with E-state index in [-0.39, 0.29) is 5.91 Å². The summed E-state index contributed by atoms with van der Waals surface area (Å²) in [6.07, 6.45) is 0.352. The fourth-order valence-electron chi connectivity index (χ4n) is 1.52. The number of aryl methyl sites for hydroxylation is 1. The molecule has 0 saturated heterocycles. The average molecular weight is 280 g/mol. The number of rotatable bonds is 10. The molecule has 1 aromatic rings. The second-order valence-electron chi connectivity index (χ2n) is 4.49. The largest absolute Gasteiger partial charge is 0.379 e.